The van der Waals surface area contributed by atoms with Crippen LogP contribution in [-0.4, -0.2) is 35.5 Å². The second kappa shape index (κ2) is 5.99. The molecule has 0 bridgehead atoms. The average Bonchev–Trinajstić information content (AvgIpc) is 3.22. The predicted octanol–water partition coefficient (Wildman–Crippen LogP) is 4.08. The molecule has 2 aliphatic heterocycles. The van der Waals surface area contributed by atoms with Crippen LogP contribution in [0.2, 0.25) is 0 Å². The maximum Gasteiger partial charge on any atom is 0.257 e. The maximum absolute atomic E-state index is 12.9. The molecular weight excluding hydrogens is 340 g/mol. The summed E-state index contributed by atoms with van der Waals surface area (Å²) in [5.41, 5.74) is 4.16. The minimum atomic E-state index is -0.301. The van der Waals surface area contributed by atoms with Gasteiger partial charge >= 0.3 is 0 Å². The van der Waals surface area contributed by atoms with E-state index in [1.807, 2.05) is 24.8 Å². The number of likely N-dealkylation sites (tertiary alicyclic amines) is 1. The number of nitrogens with one attached hydrogen (secondary N) is 1. The minimum absolute atomic E-state index is 0.0619. The zero-order chi connectivity index (χ0) is 18.6. The lowest BCUT2D eigenvalue weighted by Gasteiger charge is -2.43. The number of rotatable bonds is 1. The molecule has 1 aromatic carbocycles. The fraction of sp³-hybridized carbons (Fsp3) is 0.409. The molecule has 27 heavy (non-hydrogen) atoms. The van der Waals surface area contributed by atoms with Crippen molar-refractivity contribution >= 4 is 16.8 Å². The van der Waals surface area contributed by atoms with Crippen LogP contribution in [0.5, 0.6) is 0 Å². The molecule has 1 spiro atoms. The molecule has 1 saturated heterocycles. The Labute approximate surface area is 158 Å². The highest BCUT2D eigenvalue weighted by molar-refractivity contribution is 5.95. The highest BCUT2D eigenvalue weighted by Gasteiger charge is 2.43. The molecule has 2 aliphatic rings. The van der Waals surface area contributed by atoms with E-state index in [9.17, 15) is 4.79 Å². The van der Waals surface area contributed by atoms with Gasteiger partial charge in [0.15, 0.2) is 0 Å². The first-order valence-electron chi connectivity index (χ1n) is 9.68. The van der Waals surface area contributed by atoms with E-state index in [1.165, 1.54) is 22.2 Å². The van der Waals surface area contributed by atoms with E-state index in [1.54, 1.807) is 0 Å². The largest absolute Gasteiger partial charge is 0.466 e. The zero-order valence-corrected chi connectivity index (χ0v) is 15.8. The number of aromatic amines is 1. The summed E-state index contributed by atoms with van der Waals surface area (Å²) in [5.74, 6) is 1.54. The van der Waals surface area contributed by atoms with Crippen LogP contribution < -0.4 is 0 Å². The molecule has 0 unspecified atom stereocenters. The summed E-state index contributed by atoms with van der Waals surface area (Å²) in [6.07, 6.45) is 2.57. The van der Waals surface area contributed by atoms with Gasteiger partial charge in [-0.2, -0.15) is 0 Å². The van der Waals surface area contributed by atoms with Gasteiger partial charge in [0, 0.05) is 24.0 Å². The van der Waals surface area contributed by atoms with Crippen molar-refractivity contribution in [3.63, 3.8) is 0 Å². The Morgan fingerprint density at radius 3 is 2.70 bits per heavy atom. The van der Waals surface area contributed by atoms with Crippen LogP contribution in [0.25, 0.3) is 10.9 Å². The molecule has 1 amide bonds. The molecule has 1 fully saturated rings. The summed E-state index contributed by atoms with van der Waals surface area (Å²) < 4.78 is 11.9. The monoisotopic (exact) mass is 364 g/mol. The third-order valence-electron chi connectivity index (χ3n) is 6.13. The van der Waals surface area contributed by atoms with Gasteiger partial charge in [0.2, 0.25) is 0 Å². The van der Waals surface area contributed by atoms with E-state index in [2.05, 4.69) is 29.2 Å². The predicted molar refractivity (Wildman–Crippen MR) is 103 cm³/mol. The van der Waals surface area contributed by atoms with E-state index in [4.69, 9.17) is 9.15 Å². The molecule has 0 aliphatic carbocycles. The van der Waals surface area contributed by atoms with E-state index in [0.29, 0.717) is 24.4 Å². The molecule has 0 saturated carbocycles. The Kier molecular flexibility index (Phi) is 3.69. The number of hydrogen-bond donors (Lipinski definition) is 1. The third kappa shape index (κ3) is 2.52. The molecule has 5 rings (SSSR count). The number of piperidine rings is 1. The van der Waals surface area contributed by atoms with Crippen molar-refractivity contribution in [3.8, 4) is 0 Å². The number of amides is 1. The van der Waals surface area contributed by atoms with Gasteiger partial charge < -0.3 is 19.0 Å². The molecule has 4 heterocycles. The Morgan fingerprint density at radius 1 is 1.19 bits per heavy atom. The summed E-state index contributed by atoms with van der Waals surface area (Å²) in [7, 11) is 0. The normalized spacial score (nSPS) is 18.8. The lowest BCUT2D eigenvalue weighted by molar-refractivity contribution is -0.0957. The summed E-state index contributed by atoms with van der Waals surface area (Å²) in [4.78, 5) is 18.5. The molecular formula is C22H24N2O3. The first-order valence-corrected chi connectivity index (χ1v) is 9.68. The van der Waals surface area contributed by atoms with Gasteiger partial charge in [0.1, 0.15) is 17.1 Å². The molecule has 5 heteroatoms. The first kappa shape index (κ1) is 16.6. The molecule has 0 radical (unpaired) electrons. The van der Waals surface area contributed by atoms with Crippen LogP contribution in [0.4, 0.5) is 0 Å². The molecule has 2 aromatic heterocycles. The summed E-state index contributed by atoms with van der Waals surface area (Å²) >= 11 is 0. The minimum Gasteiger partial charge on any atom is -0.466 e. The van der Waals surface area contributed by atoms with Crippen LogP contribution in [-0.2, 0) is 16.8 Å². The Balaban J connectivity index is 1.42. The highest BCUT2D eigenvalue weighted by atomic mass is 16.5. The van der Waals surface area contributed by atoms with Gasteiger partial charge in [-0.3, -0.25) is 4.79 Å². The van der Waals surface area contributed by atoms with Crippen LogP contribution in [0.15, 0.2) is 34.7 Å². The van der Waals surface area contributed by atoms with E-state index in [-0.39, 0.29) is 11.5 Å². The number of aromatic nitrogens is 1. The Morgan fingerprint density at radius 2 is 1.96 bits per heavy atom. The van der Waals surface area contributed by atoms with E-state index < -0.39 is 0 Å². The molecule has 3 aromatic rings. The van der Waals surface area contributed by atoms with E-state index in [0.717, 1.165) is 31.6 Å². The van der Waals surface area contributed by atoms with Crippen LogP contribution in [0.1, 0.15) is 46.0 Å². The number of carbonyl (C=O) groups excluding carboxylic acids is 1. The van der Waals surface area contributed by atoms with Gasteiger partial charge in [-0.25, -0.2) is 0 Å². The number of carbonyl (C=O) groups is 1. The number of nitrogens with zero attached hydrogens (tertiary/aromatic N) is 1. The lowest BCUT2D eigenvalue weighted by atomic mass is 9.83. The average molecular weight is 364 g/mol. The van der Waals surface area contributed by atoms with Crippen molar-refractivity contribution in [3.05, 3.63) is 58.7 Å². The number of H-pyrrole nitrogens is 1. The smallest absolute Gasteiger partial charge is 0.257 e. The van der Waals surface area contributed by atoms with Gasteiger partial charge in [-0.15, -0.1) is 0 Å². The molecule has 1 N–H and O–H groups in total. The summed E-state index contributed by atoms with van der Waals surface area (Å²) in [6, 6.07) is 10.3. The SMILES string of the molecule is Cc1cc(C(=O)N2CCC3(CC2)OCCc2c3[nH]c3ccccc23)c(C)o1. The number of para-hydroxylation sites is 1. The van der Waals surface area contributed by atoms with Gasteiger partial charge in [-0.05, 0) is 50.8 Å². The highest BCUT2D eigenvalue weighted by Crippen LogP contribution is 2.43. The topological polar surface area (TPSA) is 58.5 Å². The third-order valence-corrected chi connectivity index (χ3v) is 6.13. The van der Waals surface area contributed by atoms with Crippen molar-refractivity contribution in [2.45, 2.75) is 38.7 Å². The van der Waals surface area contributed by atoms with Crippen LogP contribution >= 0.6 is 0 Å². The van der Waals surface area contributed by atoms with Crippen LogP contribution in [0, 0.1) is 13.8 Å². The Hall–Kier alpha value is -2.53. The first-order chi connectivity index (χ1) is 13.1. The number of ether oxygens (including phenoxy) is 1. The van der Waals surface area contributed by atoms with Gasteiger partial charge in [-0.1, -0.05) is 18.2 Å². The van der Waals surface area contributed by atoms with E-state index >= 15 is 0 Å². The standard InChI is InChI=1S/C22H24N2O3/c1-14-13-18(15(2)27-14)21(25)24-10-8-22(9-11-24)20-17(7-12-26-22)16-5-3-4-6-19(16)23-20/h3-6,13,23H,7-12H2,1-2H3. The van der Waals surface area contributed by atoms with Gasteiger partial charge in [0.05, 0.1) is 17.9 Å². The fourth-order valence-corrected chi connectivity index (χ4v) is 4.75. The number of benzene rings is 1. The number of aryl methyl sites for hydroxylation is 2. The Bertz CT molecular complexity index is 1020. The van der Waals surface area contributed by atoms with Crippen molar-refractivity contribution in [1.82, 2.24) is 9.88 Å². The van der Waals surface area contributed by atoms with Gasteiger partial charge in [0.25, 0.3) is 5.91 Å². The fourth-order valence-electron chi connectivity index (χ4n) is 4.75. The van der Waals surface area contributed by atoms with Crippen LogP contribution in [0.3, 0.4) is 0 Å². The summed E-state index contributed by atoms with van der Waals surface area (Å²) in [5, 5.41) is 1.30. The van der Waals surface area contributed by atoms with Crippen molar-refractivity contribution in [2.24, 2.45) is 0 Å². The lowest BCUT2D eigenvalue weighted by Crippen LogP contribution is -2.48. The van der Waals surface area contributed by atoms with Crippen molar-refractivity contribution in [1.29, 1.82) is 0 Å². The van der Waals surface area contributed by atoms with Crippen molar-refractivity contribution in [2.75, 3.05) is 19.7 Å². The molecule has 0 atom stereocenters. The second-order valence-corrected chi connectivity index (χ2v) is 7.74. The molecule has 140 valence electrons. The molecule has 5 nitrogen and oxygen atoms in total. The second-order valence-electron chi connectivity index (χ2n) is 7.74. The number of hydrogen-bond acceptors (Lipinski definition) is 3. The summed E-state index contributed by atoms with van der Waals surface area (Å²) in [6.45, 7) is 5.85. The van der Waals surface area contributed by atoms with Crippen molar-refractivity contribution < 1.29 is 13.9 Å². The number of furan rings is 1. The zero-order valence-electron chi connectivity index (χ0n) is 15.8. The quantitative estimate of drug-likeness (QED) is 0.708. The number of fused-ring (bicyclic) bond motifs is 4. The maximum atomic E-state index is 12.9.